The van der Waals surface area contributed by atoms with Gasteiger partial charge in [-0.25, -0.2) is 0 Å². The van der Waals surface area contributed by atoms with Gasteiger partial charge in [-0.05, 0) is 171 Å². The summed E-state index contributed by atoms with van der Waals surface area (Å²) >= 11 is 0. The molecule has 0 saturated carbocycles. The Bertz CT molecular complexity index is 4490. The molecule has 13 aromatic rings. The van der Waals surface area contributed by atoms with Gasteiger partial charge in [0.25, 0.3) is 0 Å². The van der Waals surface area contributed by atoms with E-state index in [4.69, 9.17) is 0 Å². The molecule has 0 radical (unpaired) electrons. The van der Waals surface area contributed by atoms with E-state index in [0.717, 1.165) is 17.1 Å². The highest BCUT2D eigenvalue weighted by molar-refractivity contribution is 6.27. The molecule has 0 bridgehead atoms. The molecule has 82 heavy (non-hydrogen) atoms. The molecule has 1 heterocycles. The van der Waals surface area contributed by atoms with Gasteiger partial charge in [0, 0.05) is 32.9 Å². The fourth-order valence-electron chi connectivity index (χ4n) is 12.7. The van der Waals surface area contributed by atoms with Crippen molar-refractivity contribution in [1.29, 1.82) is 0 Å². The molecule has 2 heteroatoms. The topological polar surface area (TPSA) is 8.17 Å². The number of nitrogens with zero attached hydrogens (tertiary/aromatic N) is 2. The summed E-state index contributed by atoms with van der Waals surface area (Å²) in [6.45, 7) is 27.7. The molecule has 0 N–H and O–H groups in total. The van der Waals surface area contributed by atoms with Crippen molar-refractivity contribution < 1.29 is 0 Å². The summed E-state index contributed by atoms with van der Waals surface area (Å²) in [5.74, 6) is 0. The van der Waals surface area contributed by atoms with Crippen molar-refractivity contribution in [3.05, 3.63) is 253 Å². The molecular weight excluding hydrogens is 989 g/mol. The number of benzene rings is 12. The zero-order chi connectivity index (χ0) is 57.0. The Morgan fingerprint density at radius 3 is 1.34 bits per heavy atom. The molecule has 0 unspecified atom stereocenters. The first kappa shape index (κ1) is 52.6. The zero-order valence-electron chi connectivity index (χ0n) is 49.8. The molecule has 12 aromatic carbocycles. The van der Waals surface area contributed by atoms with Crippen LogP contribution in [-0.4, -0.2) is 4.57 Å². The molecule has 0 amide bonds. The monoisotopic (exact) mass is 1060 g/mol. The number of aromatic nitrogens is 1. The highest BCUT2D eigenvalue weighted by Crippen LogP contribution is 2.48. The maximum absolute atomic E-state index is 2.53. The van der Waals surface area contributed by atoms with Crippen LogP contribution in [0.1, 0.15) is 105 Å². The molecule has 0 spiro atoms. The van der Waals surface area contributed by atoms with Crippen LogP contribution in [0.4, 0.5) is 17.1 Å². The Hall–Kier alpha value is -8.72. The van der Waals surface area contributed by atoms with Crippen molar-refractivity contribution in [2.45, 2.75) is 105 Å². The lowest BCUT2D eigenvalue weighted by Crippen LogP contribution is -2.11. The molecule has 0 aliphatic carbocycles. The van der Waals surface area contributed by atoms with E-state index in [1.807, 2.05) is 0 Å². The van der Waals surface area contributed by atoms with Crippen molar-refractivity contribution in [1.82, 2.24) is 4.57 Å². The SMILES string of the molecule is CC(C)(C)c1ccc(-c2ccccc2-c2cccc(N(c3ccc(-c4cc(C(C)(C)C)ccc4-c4ccccc4)cc3)c3ccc4ccc5c(-n6c7ccc(C(C)(C)C)cc7c7cc(C(C)(C)C)ccc76)ccc6ccc3c4c65)c2)cc1. The van der Waals surface area contributed by atoms with Crippen LogP contribution in [0.3, 0.4) is 0 Å². The predicted molar refractivity (Wildman–Crippen MR) is 356 cm³/mol. The third-order valence-corrected chi connectivity index (χ3v) is 17.4. The third kappa shape index (κ3) is 9.23. The van der Waals surface area contributed by atoms with Crippen molar-refractivity contribution in [2.24, 2.45) is 0 Å². The fraction of sp³-hybridized carbons (Fsp3) is 0.200. The molecule has 0 atom stereocenters. The first-order chi connectivity index (χ1) is 39.2. The molecule has 2 nitrogen and oxygen atoms in total. The molecule has 0 saturated heterocycles. The first-order valence-corrected chi connectivity index (χ1v) is 29.4. The standard InChI is InChI=1S/C80H74N2/c1-77(2,3)57-33-25-52(26-34-57)63-23-16-17-24-64(63)56-21-18-22-62(47-56)81(61-38-27-53(28-39-61)68-48-58(78(4,5)6)35-42-65(68)51-19-14-13-15-20-51)71-43-31-54-30-41-67-72(44-32-55-29-40-66(71)75(54)76(55)67)82-73-45-36-59(79(7,8)9)49-69(73)70-50-60(80(10,11)12)37-46-74(70)82/h13-50H,1-12H3. The highest BCUT2D eigenvalue weighted by Gasteiger charge is 2.26. The van der Waals surface area contributed by atoms with Crippen LogP contribution in [0.25, 0.3) is 104 Å². The van der Waals surface area contributed by atoms with Crippen molar-refractivity contribution >= 4 is 71.2 Å². The smallest absolute Gasteiger partial charge is 0.0541 e. The molecular formula is C80H74N2. The first-order valence-electron chi connectivity index (χ1n) is 29.4. The Kier molecular flexibility index (Phi) is 12.5. The fourth-order valence-corrected chi connectivity index (χ4v) is 12.7. The summed E-state index contributed by atoms with van der Waals surface area (Å²) in [5, 5.41) is 10.0. The maximum Gasteiger partial charge on any atom is 0.0541 e. The van der Waals surface area contributed by atoms with E-state index in [2.05, 4.69) is 323 Å². The van der Waals surface area contributed by atoms with Gasteiger partial charge in [-0.15, -0.1) is 0 Å². The molecule has 0 aliphatic rings. The normalized spacial score (nSPS) is 12.6. The van der Waals surface area contributed by atoms with Gasteiger partial charge in [-0.3, -0.25) is 0 Å². The average Bonchev–Trinajstić information content (AvgIpc) is 2.50. The zero-order valence-corrected chi connectivity index (χ0v) is 49.8. The van der Waals surface area contributed by atoms with E-state index < -0.39 is 0 Å². The van der Waals surface area contributed by atoms with Crippen LogP contribution < -0.4 is 4.90 Å². The van der Waals surface area contributed by atoms with Crippen molar-refractivity contribution in [3.63, 3.8) is 0 Å². The van der Waals surface area contributed by atoms with Gasteiger partial charge in [0.15, 0.2) is 0 Å². The Morgan fingerprint density at radius 1 is 0.280 bits per heavy atom. The lowest BCUT2D eigenvalue weighted by molar-refractivity contribution is 0.590. The van der Waals surface area contributed by atoms with Gasteiger partial charge in [-0.2, -0.15) is 0 Å². The second kappa shape index (κ2) is 19.5. The number of hydrogen-bond acceptors (Lipinski definition) is 1. The van der Waals surface area contributed by atoms with Gasteiger partial charge < -0.3 is 9.47 Å². The van der Waals surface area contributed by atoms with Gasteiger partial charge in [-0.1, -0.05) is 253 Å². The Morgan fingerprint density at radius 2 is 0.732 bits per heavy atom. The number of fused-ring (bicyclic) bond motifs is 3. The predicted octanol–water partition coefficient (Wildman–Crippen LogP) is 23.0. The summed E-state index contributed by atoms with van der Waals surface area (Å²) in [7, 11) is 0. The summed E-state index contributed by atoms with van der Waals surface area (Å²) in [5.41, 5.74) is 22.0. The van der Waals surface area contributed by atoms with Crippen LogP contribution in [-0.2, 0) is 21.7 Å². The summed E-state index contributed by atoms with van der Waals surface area (Å²) in [6.07, 6.45) is 0. The van der Waals surface area contributed by atoms with E-state index >= 15 is 0 Å². The van der Waals surface area contributed by atoms with E-state index in [1.165, 1.54) is 127 Å². The quantitative estimate of drug-likeness (QED) is 0.138. The van der Waals surface area contributed by atoms with E-state index in [0.29, 0.717) is 0 Å². The van der Waals surface area contributed by atoms with Crippen molar-refractivity contribution in [3.8, 4) is 50.2 Å². The van der Waals surface area contributed by atoms with Crippen molar-refractivity contribution in [2.75, 3.05) is 4.90 Å². The van der Waals surface area contributed by atoms with Crippen LogP contribution in [0.2, 0.25) is 0 Å². The Labute approximate surface area is 485 Å². The number of rotatable bonds is 8. The largest absolute Gasteiger partial charge is 0.310 e. The lowest BCUT2D eigenvalue weighted by Gasteiger charge is -2.29. The minimum absolute atomic E-state index is 0.00816. The van der Waals surface area contributed by atoms with Gasteiger partial charge in [0.2, 0.25) is 0 Å². The highest BCUT2D eigenvalue weighted by atomic mass is 15.1. The molecule has 1 aromatic heterocycles. The van der Waals surface area contributed by atoms with Crippen LogP contribution in [0.5, 0.6) is 0 Å². The summed E-state index contributed by atoms with van der Waals surface area (Å²) in [4.78, 5) is 2.50. The van der Waals surface area contributed by atoms with E-state index in [9.17, 15) is 0 Å². The van der Waals surface area contributed by atoms with E-state index in [1.54, 1.807) is 0 Å². The van der Waals surface area contributed by atoms with E-state index in [-0.39, 0.29) is 21.7 Å². The third-order valence-electron chi connectivity index (χ3n) is 17.4. The molecule has 0 aliphatic heterocycles. The summed E-state index contributed by atoms with van der Waals surface area (Å²) in [6, 6.07) is 87.6. The molecule has 404 valence electrons. The van der Waals surface area contributed by atoms with Gasteiger partial charge in [0.1, 0.15) is 0 Å². The number of hydrogen-bond donors (Lipinski definition) is 0. The van der Waals surface area contributed by atoms with Crippen LogP contribution in [0, 0.1) is 0 Å². The Balaban J connectivity index is 1.02. The minimum Gasteiger partial charge on any atom is -0.310 e. The van der Waals surface area contributed by atoms with Crippen LogP contribution in [0.15, 0.2) is 231 Å². The number of anilines is 3. The van der Waals surface area contributed by atoms with Crippen LogP contribution >= 0.6 is 0 Å². The average molecular weight is 1060 g/mol. The lowest BCUT2D eigenvalue weighted by atomic mass is 9.83. The van der Waals surface area contributed by atoms with Gasteiger partial charge in [0.05, 0.1) is 22.4 Å². The second-order valence-electron chi connectivity index (χ2n) is 27.1. The molecule has 13 rings (SSSR count). The summed E-state index contributed by atoms with van der Waals surface area (Å²) < 4.78 is 2.53. The maximum atomic E-state index is 2.53. The second-order valence-corrected chi connectivity index (χ2v) is 27.1. The molecule has 0 fully saturated rings. The van der Waals surface area contributed by atoms with Gasteiger partial charge >= 0.3 is 0 Å². The minimum atomic E-state index is -0.00816.